The molecule has 0 saturated carbocycles. The van der Waals surface area contributed by atoms with Crippen LogP contribution in [0, 0.1) is 6.92 Å². The quantitative estimate of drug-likeness (QED) is 0.787. The molecule has 0 amide bonds. The Bertz CT molecular complexity index is 760. The molecule has 1 aromatic carbocycles. The SMILES string of the molecule is Cc1c(Cl)ccc2c(NCC[NH+]3CCOCC3)c(C(=O)[O-])cnc12. The summed E-state index contributed by atoms with van der Waals surface area (Å²) in [5.41, 5.74) is 2.16. The van der Waals surface area contributed by atoms with Crippen LogP contribution in [0.4, 0.5) is 5.69 Å². The second kappa shape index (κ2) is 7.34. The molecule has 0 aliphatic carbocycles. The summed E-state index contributed by atoms with van der Waals surface area (Å²) in [7, 11) is 0. The maximum absolute atomic E-state index is 11.4. The predicted molar refractivity (Wildman–Crippen MR) is 90.7 cm³/mol. The Morgan fingerprint density at radius 3 is 2.88 bits per heavy atom. The first-order chi connectivity index (χ1) is 11.6. The number of hydrogen-bond acceptors (Lipinski definition) is 5. The smallest absolute Gasteiger partial charge is 0.101 e. The molecule has 1 aromatic heterocycles. The number of nitrogens with one attached hydrogen (secondary N) is 2. The normalized spacial score (nSPS) is 15.6. The molecule has 1 saturated heterocycles. The summed E-state index contributed by atoms with van der Waals surface area (Å²) in [6.07, 6.45) is 1.34. The summed E-state index contributed by atoms with van der Waals surface area (Å²) in [6, 6.07) is 3.56. The zero-order valence-electron chi connectivity index (χ0n) is 13.5. The van der Waals surface area contributed by atoms with Crippen LogP contribution in [-0.4, -0.2) is 50.3 Å². The first-order valence-electron chi connectivity index (χ1n) is 8.02. The van der Waals surface area contributed by atoms with Crippen molar-refractivity contribution in [2.75, 3.05) is 44.7 Å². The number of anilines is 1. The van der Waals surface area contributed by atoms with E-state index in [0.29, 0.717) is 22.8 Å². The molecule has 0 atom stereocenters. The minimum atomic E-state index is -1.24. The number of carboxylic acid groups (broad SMARTS) is 1. The molecular formula is C17H20ClN3O3. The summed E-state index contributed by atoms with van der Waals surface area (Å²) < 4.78 is 5.35. The number of carbonyl (C=O) groups excluding carboxylic acids is 1. The molecule has 2 heterocycles. The van der Waals surface area contributed by atoms with Gasteiger partial charge in [-0.25, -0.2) is 0 Å². The number of aryl methyl sites for hydroxylation is 1. The molecule has 0 spiro atoms. The van der Waals surface area contributed by atoms with Gasteiger partial charge in [-0.05, 0) is 24.6 Å². The molecule has 6 nitrogen and oxygen atoms in total. The molecule has 128 valence electrons. The highest BCUT2D eigenvalue weighted by Crippen LogP contribution is 2.30. The number of hydrogen-bond donors (Lipinski definition) is 2. The van der Waals surface area contributed by atoms with Gasteiger partial charge >= 0.3 is 0 Å². The number of aromatic carboxylic acids is 1. The average molecular weight is 350 g/mol. The van der Waals surface area contributed by atoms with E-state index in [4.69, 9.17) is 16.3 Å². The molecule has 2 N–H and O–H groups in total. The highest BCUT2D eigenvalue weighted by atomic mass is 35.5. The lowest BCUT2D eigenvalue weighted by molar-refractivity contribution is -0.906. The largest absolute Gasteiger partial charge is 0.545 e. The maximum atomic E-state index is 11.4. The number of pyridine rings is 1. The summed E-state index contributed by atoms with van der Waals surface area (Å²) in [4.78, 5) is 17.1. The third-order valence-corrected chi connectivity index (χ3v) is 4.84. The predicted octanol–water partition coefficient (Wildman–Crippen LogP) is -0.113. The Balaban J connectivity index is 1.87. The molecule has 3 rings (SSSR count). The zero-order valence-corrected chi connectivity index (χ0v) is 14.3. The van der Waals surface area contributed by atoms with Gasteiger partial charge in [0.25, 0.3) is 0 Å². The van der Waals surface area contributed by atoms with Crippen molar-refractivity contribution < 1.29 is 19.5 Å². The number of nitrogens with zero attached hydrogens (tertiary/aromatic N) is 1. The number of aromatic nitrogens is 1. The number of quaternary nitrogens is 1. The fourth-order valence-corrected chi connectivity index (χ4v) is 3.15. The second-order valence-electron chi connectivity index (χ2n) is 5.94. The van der Waals surface area contributed by atoms with Crippen molar-refractivity contribution in [3.63, 3.8) is 0 Å². The molecule has 0 bridgehead atoms. The van der Waals surface area contributed by atoms with Crippen molar-refractivity contribution in [1.29, 1.82) is 0 Å². The third-order valence-electron chi connectivity index (χ3n) is 4.43. The summed E-state index contributed by atoms with van der Waals surface area (Å²) in [5.74, 6) is -1.24. The van der Waals surface area contributed by atoms with E-state index < -0.39 is 5.97 Å². The third kappa shape index (κ3) is 3.45. The zero-order chi connectivity index (χ0) is 17.1. The molecular weight excluding hydrogens is 330 g/mol. The van der Waals surface area contributed by atoms with Crippen molar-refractivity contribution >= 4 is 34.2 Å². The van der Waals surface area contributed by atoms with Crippen LogP contribution in [0.15, 0.2) is 18.3 Å². The van der Waals surface area contributed by atoms with Gasteiger partial charge in [-0.2, -0.15) is 0 Å². The first kappa shape index (κ1) is 17.0. The van der Waals surface area contributed by atoms with E-state index in [1.165, 1.54) is 11.1 Å². The van der Waals surface area contributed by atoms with Gasteiger partial charge in [0.2, 0.25) is 0 Å². The van der Waals surface area contributed by atoms with Crippen molar-refractivity contribution in [1.82, 2.24) is 4.98 Å². The van der Waals surface area contributed by atoms with Crippen molar-refractivity contribution in [2.24, 2.45) is 0 Å². The number of ether oxygens (including phenoxy) is 1. The van der Waals surface area contributed by atoms with Gasteiger partial charge in [-0.1, -0.05) is 11.6 Å². The molecule has 1 aliphatic rings. The minimum Gasteiger partial charge on any atom is -0.545 e. The van der Waals surface area contributed by atoms with Crippen LogP contribution in [0.25, 0.3) is 10.9 Å². The highest BCUT2D eigenvalue weighted by Gasteiger charge is 2.15. The van der Waals surface area contributed by atoms with Gasteiger partial charge in [0.05, 0.1) is 43.5 Å². The Labute approximate surface area is 145 Å². The lowest BCUT2D eigenvalue weighted by Crippen LogP contribution is -3.14. The number of carboxylic acids is 1. The van der Waals surface area contributed by atoms with Gasteiger partial charge in [-0.15, -0.1) is 0 Å². The lowest BCUT2D eigenvalue weighted by atomic mass is 10.1. The Kier molecular flexibility index (Phi) is 5.18. The standard InChI is InChI=1S/C17H20ClN3O3/c1-11-14(18)3-2-12-15(11)20-10-13(17(22)23)16(12)19-4-5-21-6-8-24-9-7-21/h2-3,10H,4-9H2,1H3,(H,19,20)(H,22,23). The van der Waals surface area contributed by atoms with Crippen LogP contribution in [0.2, 0.25) is 5.02 Å². The van der Waals surface area contributed by atoms with Crippen molar-refractivity contribution in [3.8, 4) is 0 Å². The van der Waals surface area contributed by atoms with E-state index in [-0.39, 0.29) is 5.56 Å². The van der Waals surface area contributed by atoms with Gasteiger partial charge < -0.3 is 24.9 Å². The Morgan fingerprint density at radius 2 is 2.17 bits per heavy atom. The summed E-state index contributed by atoms with van der Waals surface area (Å²) >= 11 is 6.14. The van der Waals surface area contributed by atoms with E-state index in [0.717, 1.165) is 43.8 Å². The minimum absolute atomic E-state index is 0.0706. The van der Waals surface area contributed by atoms with Crippen LogP contribution in [0.3, 0.4) is 0 Å². The topological polar surface area (TPSA) is 78.7 Å². The molecule has 1 aliphatic heterocycles. The van der Waals surface area contributed by atoms with E-state index in [1.54, 1.807) is 12.1 Å². The Hall–Kier alpha value is -1.89. The fourth-order valence-electron chi connectivity index (χ4n) is 3.00. The van der Waals surface area contributed by atoms with E-state index in [9.17, 15) is 9.90 Å². The molecule has 7 heteroatoms. The van der Waals surface area contributed by atoms with Crippen LogP contribution in [-0.2, 0) is 4.74 Å². The summed E-state index contributed by atoms with van der Waals surface area (Å²) in [6.45, 7) is 6.92. The highest BCUT2D eigenvalue weighted by molar-refractivity contribution is 6.32. The van der Waals surface area contributed by atoms with Crippen LogP contribution in [0.1, 0.15) is 15.9 Å². The number of fused-ring (bicyclic) bond motifs is 1. The maximum Gasteiger partial charge on any atom is 0.101 e. The number of carbonyl (C=O) groups is 1. The number of halogens is 1. The van der Waals surface area contributed by atoms with E-state index >= 15 is 0 Å². The fraction of sp³-hybridized carbons (Fsp3) is 0.412. The first-order valence-corrected chi connectivity index (χ1v) is 8.40. The molecule has 2 aromatic rings. The average Bonchev–Trinajstić information content (AvgIpc) is 2.59. The van der Waals surface area contributed by atoms with E-state index in [2.05, 4.69) is 10.3 Å². The molecule has 24 heavy (non-hydrogen) atoms. The molecule has 0 unspecified atom stereocenters. The van der Waals surface area contributed by atoms with Crippen LogP contribution >= 0.6 is 11.6 Å². The molecule has 1 fully saturated rings. The number of morpholine rings is 1. The lowest BCUT2D eigenvalue weighted by Gasteiger charge is -2.24. The van der Waals surface area contributed by atoms with Crippen LogP contribution < -0.4 is 15.3 Å². The van der Waals surface area contributed by atoms with Gasteiger partial charge in [0, 0.05) is 22.2 Å². The summed E-state index contributed by atoms with van der Waals surface area (Å²) in [5, 5.41) is 16.1. The molecule has 0 radical (unpaired) electrons. The monoisotopic (exact) mass is 349 g/mol. The van der Waals surface area contributed by atoms with Crippen molar-refractivity contribution in [2.45, 2.75) is 6.92 Å². The van der Waals surface area contributed by atoms with Gasteiger partial charge in [0.15, 0.2) is 0 Å². The number of benzene rings is 1. The Morgan fingerprint density at radius 1 is 1.42 bits per heavy atom. The number of rotatable bonds is 5. The van der Waals surface area contributed by atoms with Crippen molar-refractivity contribution in [3.05, 3.63) is 34.5 Å². The van der Waals surface area contributed by atoms with E-state index in [1.807, 2.05) is 6.92 Å². The van der Waals surface area contributed by atoms with Gasteiger partial charge in [0.1, 0.15) is 13.1 Å². The van der Waals surface area contributed by atoms with Crippen LogP contribution in [0.5, 0.6) is 0 Å². The van der Waals surface area contributed by atoms with Gasteiger partial charge in [-0.3, -0.25) is 4.98 Å². The second-order valence-corrected chi connectivity index (χ2v) is 6.35.